The zero-order valence-corrected chi connectivity index (χ0v) is 17.2. The molecule has 1 aliphatic heterocycles. The fourth-order valence-corrected chi connectivity index (χ4v) is 4.59. The van der Waals surface area contributed by atoms with Gasteiger partial charge < -0.3 is 5.32 Å². The van der Waals surface area contributed by atoms with Crippen LogP contribution in [0.1, 0.15) is 41.2 Å². The fourth-order valence-electron chi connectivity index (χ4n) is 3.73. The molecule has 1 fully saturated rings. The summed E-state index contributed by atoms with van der Waals surface area (Å²) in [5, 5.41) is 9.37. The average molecular weight is 413 g/mol. The van der Waals surface area contributed by atoms with Crippen LogP contribution in [0.15, 0.2) is 54.0 Å². The molecule has 29 heavy (non-hydrogen) atoms. The molecule has 1 unspecified atom stereocenters. The van der Waals surface area contributed by atoms with Crippen LogP contribution in [0.5, 0.6) is 0 Å². The normalized spacial score (nSPS) is 16.6. The second kappa shape index (κ2) is 8.88. The molecule has 1 aliphatic rings. The maximum absolute atomic E-state index is 14.0. The average Bonchev–Trinajstić information content (AvgIpc) is 3.42. The molecule has 2 aromatic heterocycles. The number of carbonyl (C=O) groups excluding carboxylic acids is 1. The van der Waals surface area contributed by atoms with E-state index in [1.807, 2.05) is 0 Å². The number of likely N-dealkylation sites (tertiary alicyclic amines) is 1. The van der Waals surface area contributed by atoms with Gasteiger partial charge in [-0.15, -0.1) is 11.3 Å². The molecule has 5 nitrogen and oxygen atoms in total. The van der Waals surface area contributed by atoms with Crippen LogP contribution in [0.25, 0.3) is 5.69 Å². The predicted octanol–water partition coefficient (Wildman–Crippen LogP) is 4.28. The van der Waals surface area contributed by atoms with E-state index in [4.69, 9.17) is 0 Å². The molecule has 0 spiro atoms. The number of carbonyl (C=O) groups is 1. The van der Waals surface area contributed by atoms with Crippen LogP contribution in [0.4, 0.5) is 4.39 Å². The Kier molecular flexibility index (Phi) is 6.06. The Labute approximate surface area is 174 Å². The van der Waals surface area contributed by atoms with Crippen molar-refractivity contribution < 1.29 is 9.18 Å². The molecule has 0 bridgehead atoms. The largest absolute Gasteiger partial charge is 0.349 e. The summed E-state index contributed by atoms with van der Waals surface area (Å²) in [6.07, 6.45) is 3.97. The minimum Gasteiger partial charge on any atom is -0.349 e. The molecule has 3 aromatic rings. The number of amides is 1. The Morgan fingerprint density at radius 2 is 2.03 bits per heavy atom. The molecule has 1 N–H and O–H groups in total. The van der Waals surface area contributed by atoms with Gasteiger partial charge in [0, 0.05) is 17.6 Å². The SMILES string of the molecule is CC1CCN(C(CNC(=O)c2ccn(-c3ccccc3F)n2)c2cccs2)CC1. The number of nitrogens with one attached hydrogen (secondary N) is 1. The topological polar surface area (TPSA) is 50.2 Å². The number of para-hydroxylation sites is 1. The first-order valence-corrected chi connectivity index (χ1v) is 10.9. The van der Waals surface area contributed by atoms with Gasteiger partial charge in [-0.3, -0.25) is 9.69 Å². The van der Waals surface area contributed by atoms with Crippen LogP contribution in [0, 0.1) is 11.7 Å². The molecule has 1 atom stereocenters. The Balaban J connectivity index is 1.44. The van der Waals surface area contributed by atoms with Crippen molar-refractivity contribution in [3.8, 4) is 5.69 Å². The molecule has 1 aromatic carbocycles. The van der Waals surface area contributed by atoms with Crippen molar-refractivity contribution in [3.63, 3.8) is 0 Å². The Hall–Kier alpha value is -2.51. The van der Waals surface area contributed by atoms with E-state index >= 15 is 0 Å². The number of halogens is 1. The van der Waals surface area contributed by atoms with E-state index in [-0.39, 0.29) is 23.5 Å². The lowest BCUT2D eigenvalue weighted by Crippen LogP contribution is -2.41. The number of benzene rings is 1. The molecule has 0 aliphatic carbocycles. The third-order valence-electron chi connectivity index (χ3n) is 5.51. The zero-order chi connectivity index (χ0) is 20.2. The van der Waals surface area contributed by atoms with Gasteiger partial charge in [0.15, 0.2) is 5.69 Å². The predicted molar refractivity (Wildman–Crippen MR) is 113 cm³/mol. The lowest BCUT2D eigenvalue weighted by molar-refractivity contribution is 0.0909. The van der Waals surface area contributed by atoms with Crippen molar-refractivity contribution in [3.05, 3.63) is 70.4 Å². The van der Waals surface area contributed by atoms with Gasteiger partial charge in [-0.05, 0) is 61.5 Å². The number of thiophene rings is 1. The number of piperidine rings is 1. The van der Waals surface area contributed by atoms with Gasteiger partial charge in [0.1, 0.15) is 11.5 Å². The van der Waals surface area contributed by atoms with Gasteiger partial charge in [-0.2, -0.15) is 5.10 Å². The monoisotopic (exact) mass is 412 g/mol. The van der Waals surface area contributed by atoms with Gasteiger partial charge in [0.05, 0.1) is 6.04 Å². The lowest BCUT2D eigenvalue weighted by Gasteiger charge is -2.36. The van der Waals surface area contributed by atoms with Gasteiger partial charge in [-0.1, -0.05) is 25.1 Å². The first kappa shape index (κ1) is 19.8. The van der Waals surface area contributed by atoms with Crippen LogP contribution in [0.2, 0.25) is 0 Å². The zero-order valence-electron chi connectivity index (χ0n) is 16.4. The van der Waals surface area contributed by atoms with Crippen molar-refractivity contribution in [1.82, 2.24) is 20.0 Å². The minimum absolute atomic E-state index is 0.167. The molecule has 1 saturated heterocycles. The number of aromatic nitrogens is 2. The number of rotatable bonds is 6. The highest BCUT2D eigenvalue weighted by Gasteiger charge is 2.26. The maximum atomic E-state index is 14.0. The van der Waals surface area contributed by atoms with E-state index in [9.17, 15) is 9.18 Å². The quantitative estimate of drug-likeness (QED) is 0.658. The molecular formula is C22H25FN4OS. The second-order valence-corrected chi connectivity index (χ2v) is 8.54. The minimum atomic E-state index is -0.375. The summed E-state index contributed by atoms with van der Waals surface area (Å²) >= 11 is 1.72. The highest BCUT2D eigenvalue weighted by Crippen LogP contribution is 2.29. The van der Waals surface area contributed by atoms with Crippen LogP contribution in [-0.4, -0.2) is 40.2 Å². The molecule has 4 rings (SSSR count). The lowest BCUT2D eigenvalue weighted by atomic mass is 9.97. The molecule has 0 saturated carbocycles. The van der Waals surface area contributed by atoms with Gasteiger partial charge in [0.2, 0.25) is 0 Å². The van der Waals surface area contributed by atoms with E-state index in [2.05, 4.69) is 39.8 Å². The van der Waals surface area contributed by atoms with E-state index in [0.717, 1.165) is 19.0 Å². The van der Waals surface area contributed by atoms with Crippen molar-refractivity contribution in [2.75, 3.05) is 19.6 Å². The van der Waals surface area contributed by atoms with Crippen LogP contribution in [0.3, 0.4) is 0 Å². The Bertz CT molecular complexity index is 947. The van der Waals surface area contributed by atoms with Crippen LogP contribution < -0.4 is 5.32 Å². The van der Waals surface area contributed by atoms with Crippen molar-refractivity contribution in [1.29, 1.82) is 0 Å². The molecular weight excluding hydrogens is 387 g/mol. The Morgan fingerprint density at radius 1 is 1.24 bits per heavy atom. The number of hydrogen-bond acceptors (Lipinski definition) is 4. The second-order valence-electron chi connectivity index (χ2n) is 7.56. The standard InChI is InChI=1S/C22H25FN4OS/c1-16-8-11-26(12-9-16)20(21-7-4-14-29-21)15-24-22(28)18-10-13-27(25-18)19-6-3-2-5-17(19)23/h2-7,10,13-14,16,20H,8-9,11-12,15H2,1H3,(H,24,28). The summed E-state index contributed by atoms with van der Waals surface area (Å²) in [6.45, 7) is 4.91. The van der Waals surface area contributed by atoms with E-state index in [1.165, 1.54) is 28.5 Å². The molecule has 1 amide bonds. The van der Waals surface area contributed by atoms with Gasteiger partial charge >= 0.3 is 0 Å². The van der Waals surface area contributed by atoms with E-state index in [0.29, 0.717) is 12.2 Å². The first-order chi connectivity index (χ1) is 14.1. The van der Waals surface area contributed by atoms with Crippen molar-refractivity contribution in [2.45, 2.75) is 25.8 Å². The van der Waals surface area contributed by atoms with E-state index in [1.54, 1.807) is 41.8 Å². The van der Waals surface area contributed by atoms with Crippen LogP contribution >= 0.6 is 11.3 Å². The highest BCUT2D eigenvalue weighted by molar-refractivity contribution is 7.10. The summed E-state index contributed by atoms with van der Waals surface area (Å²) in [6, 6.07) is 12.3. The molecule has 0 radical (unpaired) electrons. The summed E-state index contributed by atoms with van der Waals surface area (Å²) in [7, 11) is 0. The maximum Gasteiger partial charge on any atom is 0.271 e. The van der Waals surface area contributed by atoms with Gasteiger partial charge in [-0.25, -0.2) is 9.07 Å². The summed E-state index contributed by atoms with van der Waals surface area (Å²) < 4.78 is 15.4. The molecule has 152 valence electrons. The number of hydrogen-bond donors (Lipinski definition) is 1. The Morgan fingerprint density at radius 3 is 2.76 bits per heavy atom. The fraction of sp³-hybridized carbons (Fsp3) is 0.364. The van der Waals surface area contributed by atoms with Crippen LogP contribution in [-0.2, 0) is 0 Å². The molecule has 7 heteroatoms. The molecule has 3 heterocycles. The third-order valence-corrected chi connectivity index (χ3v) is 6.48. The number of nitrogens with zero attached hydrogens (tertiary/aromatic N) is 3. The highest BCUT2D eigenvalue weighted by atomic mass is 32.1. The summed E-state index contributed by atoms with van der Waals surface area (Å²) in [5.74, 6) is 0.138. The first-order valence-electron chi connectivity index (χ1n) is 9.98. The van der Waals surface area contributed by atoms with Crippen molar-refractivity contribution in [2.24, 2.45) is 5.92 Å². The van der Waals surface area contributed by atoms with Gasteiger partial charge in [0.25, 0.3) is 5.91 Å². The van der Waals surface area contributed by atoms with E-state index < -0.39 is 0 Å². The summed E-state index contributed by atoms with van der Waals surface area (Å²) in [5.41, 5.74) is 0.607. The smallest absolute Gasteiger partial charge is 0.271 e. The van der Waals surface area contributed by atoms with Crippen molar-refractivity contribution >= 4 is 17.2 Å². The summed E-state index contributed by atoms with van der Waals surface area (Å²) in [4.78, 5) is 16.4. The third kappa shape index (κ3) is 4.57.